The molecule has 0 N–H and O–H groups in total. The van der Waals surface area contributed by atoms with Crippen LogP contribution in [0.1, 0.15) is 79.6 Å². The van der Waals surface area contributed by atoms with Gasteiger partial charge in [0.15, 0.2) is 0 Å². The summed E-state index contributed by atoms with van der Waals surface area (Å²) in [5, 5.41) is 0. The van der Waals surface area contributed by atoms with Crippen LogP contribution in [0.2, 0.25) is 0 Å². The summed E-state index contributed by atoms with van der Waals surface area (Å²) < 4.78 is 0. The molecule has 1 aliphatic heterocycles. The van der Waals surface area contributed by atoms with E-state index in [-0.39, 0.29) is 0 Å². The normalized spacial score (nSPS) is 29.3. The Morgan fingerprint density at radius 3 is 1.78 bits per heavy atom. The van der Waals surface area contributed by atoms with Crippen molar-refractivity contribution in [3.8, 4) is 0 Å². The van der Waals surface area contributed by atoms with Crippen LogP contribution in [0.4, 0.5) is 0 Å². The van der Waals surface area contributed by atoms with Gasteiger partial charge in [0.05, 0.1) is 0 Å². The zero-order valence-corrected chi connectivity index (χ0v) is 16.6. The summed E-state index contributed by atoms with van der Waals surface area (Å²) in [6.07, 6.45) is 10.4. The summed E-state index contributed by atoms with van der Waals surface area (Å²) in [7, 11) is 0. The number of hydrogen-bond donors (Lipinski definition) is 0. The van der Waals surface area contributed by atoms with Crippen LogP contribution < -0.4 is 0 Å². The fraction of sp³-hybridized carbons (Fsp3) is 1.00. The fourth-order valence-electron chi connectivity index (χ4n) is 4.78. The molecule has 0 amide bonds. The Hall–Kier alpha value is -0.0800. The topological polar surface area (TPSA) is 6.48 Å². The SMILES string of the molecule is CC(C)CC1CCC(CCC(C)N2CCN(C(C)C)CC2)CC1. The van der Waals surface area contributed by atoms with Crippen LogP contribution in [-0.2, 0) is 0 Å². The van der Waals surface area contributed by atoms with Gasteiger partial charge in [0, 0.05) is 38.3 Å². The average molecular weight is 323 g/mol. The van der Waals surface area contributed by atoms with Gasteiger partial charge in [-0.1, -0.05) is 39.5 Å². The molecule has 2 rings (SSSR count). The predicted molar refractivity (Wildman–Crippen MR) is 102 cm³/mol. The second-order valence-electron chi connectivity index (χ2n) is 9.11. The van der Waals surface area contributed by atoms with Crippen molar-refractivity contribution in [2.24, 2.45) is 17.8 Å². The molecular weight excluding hydrogens is 280 g/mol. The Labute approximate surface area is 146 Å². The van der Waals surface area contributed by atoms with Gasteiger partial charge in [0.2, 0.25) is 0 Å². The number of hydrogen-bond acceptors (Lipinski definition) is 2. The first-order valence-electron chi connectivity index (χ1n) is 10.4. The van der Waals surface area contributed by atoms with E-state index in [0.29, 0.717) is 6.04 Å². The summed E-state index contributed by atoms with van der Waals surface area (Å²) >= 11 is 0. The average Bonchev–Trinajstić information content (AvgIpc) is 2.53. The lowest BCUT2D eigenvalue weighted by Crippen LogP contribution is -2.51. The standard InChI is InChI=1S/C21H42N2/c1-17(2)16-21-10-8-20(9-11-21)7-6-19(5)23-14-12-22(13-15-23)18(3)4/h17-21H,6-16H2,1-5H3. The molecule has 2 heteroatoms. The minimum absolute atomic E-state index is 0.716. The zero-order chi connectivity index (χ0) is 16.8. The van der Waals surface area contributed by atoms with E-state index in [2.05, 4.69) is 44.4 Å². The van der Waals surface area contributed by atoms with Gasteiger partial charge in [0.25, 0.3) is 0 Å². The van der Waals surface area contributed by atoms with Gasteiger partial charge in [-0.3, -0.25) is 9.80 Å². The highest BCUT2D eigenvalue weighted by Crippen LogP contribution is 2.35. The van der Waals surface area contributed by atoms with Crippen molar-refractivity contribution in [2.45, 2.75) is 91.6 Å². The molecule has 1 unspecified atom stereocenters. The van der Waals surface area contributed by atoms with Crippen LogP contribution in [-0.4, -0.2) is 48.1 Å². The van der Waals surface area contributed by atoms with Gasteiger partial charge in [-0.2, -0.15) is 0 Å². The smallest absolute Gasteiger partial charge is 0.0113 e. The quantitative estimate of drug-likeness (QED) is 0.648. The van der Waals surface area contributed by atoms with Crippen LogP contribution in [0.5, 0.6) is 0 Å². The second-order valence-corrected chi connectivity index (χ2v) is 9.11. The highest BCUT2D eigenvalue weighted by molar-refractivity contribution is 4.80. The molecule has 2 fully saturated rings. The molecule has 2 nitrogen and oxygen atoms in total. The summed E-state index contributed by atoms with van der Waals surface area (Å²) in [4.78, 5) is 5.36. The van der Waals surface area contributed by atoms with Crippen LogP contribution in [0, 0.1) is 17.8 Å². The van der Waals surface area contributed by atoms with E-state index >= 15 is 0 Å². The molecule has 1 aliphatic carbocycles. The minimum Gasteiger partial charge on any atom is -0.298 e. The number of piperazine rings is 1. The van der Waals surface area contributed by atoms with Crippen molar-refractivity contribution >= 4 is 0 Å². The lowest BCUT2D eigenvalue weighted by atomic mass is 9.77. The second kappa shape index (κ2) is 9.42. The van der Waals surface area contributed by atoms with Crippen molar-refractivity contribution < 1.29 is 0 Å². The molecule has 1 saturated heterocycles. The molecule has 1 heterocycles. The third-order valence-electron chi connectivity index (χ3n) is 6.47. The molecule has 136 valence electrons. The van der Waals surface area contributed by atoms with E-state index in [1.165, 1.54) is 71.1 Å². The molecular formula is C21H42N2. The molecule has 0 bridgehead atoms. The Morgan fingerprint density at radius 1 is 0.739 bits per heavy atom. The van der Waals surface area contributed by atoms with Gasteiger partial charge in [0.1, 0.15) is 0 Å². The highest BCUT2D eigenvalue weighted by atomic mass is 15.3. The zero-order valence-electron chi connectivity index (χ0n) is 16.6. The highest BCUT2D eigenvalue weighted by Gasteiger charge is 2.25. The first kappa shape index (κ1) is 19.2. The van der Waals surface area contributed by atoms with E-state index in [9.17, 15) is 0 Å². The summed E-state index contributed by atoms with van der Waals surface area (Å²) in [5.74, 6) is 2.95. The van der Waals surface area contributed by atoms with Crippen LogP contribution >= 0.6 is 0 Å². The Morgan fingerprint density at radius 2 is 1.26 bits per heavy atom. The molecule has 0 radical (unpaired) electrons. The van der Waals surface area contributed by atoms with E-state index in [1.54, 1.807) is 0 Å². The van der Waals surface area contributed by atoms with Crippen LogP contribution in [0.25, 0.3) is 0 Å². The maximum atomic E-state index is 2.74. The molecule has 2 aliphatic rings. The molecule has 1 saturated carbocycles. The van der Waals surface area contributed by atoms with Crippen LogP contribution in [0.3, 0.4) is 0 Å². The van der Waals surface area contributed by atoms with Gasteiger partial charge >= 0.3 is 0 Å². The summed E-state index contributed by atoms with van der Waals surface area (Å²) in [5.41, 5.74) is 0. The Balaban J connectivity index is 1.61. The largest absolute Gasteiger partial charge is 0.298 e. The monoisotopic (exact) mass is 322 g/mol. The lowest BCUT2D eigenvalue weighted by Gasteiger charge is -2.40. The maximum absolute atomic E-state index is 2.74. The third-order valence-corrected chi connectivity index (χ3v) is 6.47. The van der Waals surface area contributed by atoms with Crippen LogP contribution in [0.15, 0.2) is 0 Å². The van der Waals surface area contributed by atoms with E-state index in [0.717, 1.165) is 23.8 Å². The van der Waals surface area contributed by atoms with Gasteiger partial charge in [-0.05, 0) is 57.8 Å². The molecule has 0 aromatic rings. The van der Waals surface area contributed by atoms with E-state index < -0.39 is 0 Å². The molecule has 1 atom stereocenters. The summed E-state index contributed by atoms with van der Waals surface area (Å²) in [6.45, 7) is 17.0. The first-order chi connectivity index (χ1) is 11.0. The van der Waals surface area contributed by atoms with Gasteiger partial charge in [-0.15, -0.1) is 0 Å². The minimum atomic E-state index is 0.716. The van der Waals surface area contributed by atoms with Crippen molar-refractivity contribution in [3.63, 3.8) is 0 Å². The molecule has 0 aromatic heterocycles. The fourth-order valence-corrected chi connectivity index (χ4v) is 4.78. The number of rotatable bonds is 7. The summed E-state index contributed by atoms with van der Waals surface area (Å²) in [6, 6.07) is 1.51. The Bertz CT molecular complexity index is 310. The Kier molecular flexibility index (Phi) is 7.88. The third kappa shape index (κ3) is 6.38. The molecule has 0 aromatic carbocycles. The molecule has 0 spiro atoms. The van der Waals surface area contributed by atoms with E-state index in [1.807, 2.05) is 0 Å². The van der Waals surface area contributed by atoms with Crippen molar-refractivity contribution in [2.75, 3.05) is 26.2 Å². The van der Waals surface area contributed by atoms with Gasteiger partial charge < -0.3 is 0 Å². The van der Waals surface area contributed by atoms with Crippen molar-refractivity contribution in [1.29, 1.82) is 0 Å². The molecule has 23 heavy (non-hydrogen) atoms. The van der Waals surface area contributed by atoms with Crippen molar-refractivity contribution in [3.05, 3.63) is 0 Å². The predicted octanol–water partition coefficient (Wildman–Crippen LogP) is 5.03. The number of nitrogens with zero attached hydrogens (tertiary/aromatic N) is 2. The lowest BCUT2D eigenvalue weighted by molar-refractivity contribution is 0.0770. The van der Waals surface area contributed by atoms with Gasteiger partial charge in [-0.25, -0.2) is 0 Å². The maximum Gasteiger partial charge on any atom is 0.0113 e. The van der Waals surface area contributed by atoms with E-state index in [4.69, 9.17) is 0 Å². The first-order valence-corrected chi connectivity index (χ1v) is 10.4. The van der Waals surface area contributed by atoms with Crippen molar-refractivity contribution in [1.82, 2.24) is 9.80 Å².